The molecular formula is C17H25N5O4. The van der Waals surface area contributed by atoms with Crippen LogP contribution in [0, 0.1) is 0 Å². The molecule has 0 unspecified atom stereocenters. The molecule has 0 bridgehead atoms. The number of ether oxygens (including phenoxy) is 1. The van der Waals surface area contributed by atoms with E-state index in [1.165, 1.54) is 16.1 Å². The smallest absolute Gasteiger partial charge is 0.332 e. The number of carbonyl (C=O) groups is 1. The maximum Gasteiger partial charge on any atom is 0.332 e. The Bertz CT molecular complexity index is 939. The molecule has 9 heteroatoms. The Kier molecular flexibility index (Phi) is 5.26. The van der Waals surface area contributed by atoms with Crippen LogP contribution < -0.4 is 16.6 Å². The van der Waals surface area contributed by atoms with Crippen molar-refractivity contribution in [2.45, 2.75) is 58.8 Å². The highest BCUT2D eigenvalue weighted by Gasteiger charge is 2.21. The van der Waals surface area contributed by atoms with Gasteiger partial charge in [0.15, 0.2) is 11.2 Å². The van der Waals surface area contributed by atoms with Crippen molar-refractivity contribution in [1.82, 2.24) is 24.0 Å². The first kappa shape index (κ1) is 18.4. The first-order valence-corrected chi connectivity index (χ1v) is 8.97. The lowest BCUT2D eigenvalue weighted by Gasteiger charge is -2.15. The summed E-state index contributed by atoms with van der Waals surface area (Å²) in [5.74, 6) is 0.486. The Labute approximate surface area is 150 Å². The molecule has 1 atom stereocenters. The number of rotatable bonds is 6. The van der Waals surface area contributed by atoms with Gasteiger partial charge in [-0.3, -0.25) is 18.7 Å². The lowest BCUT2D eigenvalue weighted by Crippen LogP contribution is -2.40. The Morgan fingerprint density at radius 2 is 2.12 bits per heavy atom. The van der Waals surface area contributed by atoms with Gasteiger partial charge in [0.25, 0.3) is 5.56 Å². The van der Waals surface area contributed by atoms with Crippen molar-refractivity contribution in [3.05, 3.63) is 26.7 Å². The van der Waals surface area contributed by atoms with E-state index < -0.39 is 0 Å². The molecule has 3 heterocycles. The van der Waals surface area contributed by atoms with E-state index in [-0.39, 0.29) is 23.3 Å². The first-order chi connectivity index (χ1) is 12.4. The number of nitrogens with one attached hydrogen (secondary N) is 1. The number of carbonyl (C=O) groups excluding carboxylic acids is 1. The monoisotopic (exact) mass is 363 g/mol. The van der Waals surface area contributed by atoms with Gasteiger partial charge >= 0.3 is 11.7 Å². The van der Waals surface area contributed by atoms with E-state index in [2.05, 4.69) is 10.3 Å². The topological polar surface area (TPSA) is 100 Å². The summed E-state index contributed by atoms with van der Waals surface area (Å²) in [6, 6.07) is 0. The van der Waals surface area contributed by atoms with Crippen LogP contribution >= 0.6 is 0 Å². The maximum atomic E-state index is 12.9. The average molecular weight is 363 g/mol. The van der Waals surface area contributed by atoms with Crippen LogP contribution in [0.25, 0.3) is 11.2 Å². The number of hydrogen-bond acceptors (Lipinski definition) is 6. The zero-order valence-electron chi connectivity index (χ0n) is 15.4. The highest BCUT2D eigenvalue weighted by atomic mass is 16.5. The van der Waals surface area contributed by atoms with Gasteiger partial charge in [-0.2, -0.15) is 0 Å². The van der Waals surface area contributed by atoms with Gasteiger partial charge in [-0.05, 0) is 26.2 Å². The molecule has 0 radical (unpaired) electrons. The van der Waals surface area contributed by atoms with Crippen LogP contribution in [0.15, 0.2) is 9.59 Å². The number of imidazole rings is 1. The average Bonchev–Trinajstić information content (AvgIpc) is 2.98. The number of unbranched alkanes of at least 4 members (excludes halogenated alkanes) is 1. The van der Waals surface area contributed by atoms with Gasteiger partial charge in [0.2, 0.25) is 0 Å². The van der Waals surface area contributed by atoms with Crippen LogP contribution in [-0.4, -0.2) is 37.3 Å². The predicted molar refractivity (Wildman–Crippen MR) is 96.0 cm³/mol. The summed E-state index contributed by atoms with van der Waals surface area (Å²) >= 11 is 0. The standard InChI is InChI=1S/C17H25N5O4/c1-11(26-12(2)23)6-4-5-8-22-16(24)14-15(20(3)17(22)25)19-13-10-18-7-9-21(13)14/h11,18H,4-10H2,1-3H3/t11-/m1/s1. The van der Waals surface area contributed by atoms with Crippen LogP contribution in [0.4, 0.5) is 0 Å². The summed E-state index contributed by atoms with van der Waals surface area (Å²) in [5, 5.41) is 3.22. The zero-order valence-corrected chi connectivity index (χ0v) is 15.4. The summed E-state index contributed by atoms with van der Waals surface area (Å²) in [4.78, 5) is 40.9. The van der Waals surface area contributed by atoms with Gasteiger partial charge in [-0.15, -0.1) is 0 Å². The molecular weight excluding hydrogens is 338 g/mol. The van der Waals surface area contributed by atoms with Gasteiger partial charge in [0.1, 0.15) is 5.82 Å². The first-order valence-electron chi connectivity index (χ1n) is 8.97. The third kappa shape index (κ3) is 3.44. The number of nitrogens with zero attached hydrogens (tertiary/aromatic N) is 4. The molecule has 142 valence electrons. The van der Waals surface area contributed by atoms with Gasteiger partial charge < -0.3 is 14.6 Å². The molecule has 9 nitrogen and oxygen atoms in total. The van der Waals surface area contributed by atoms with Crippen molar-refractivity contribution < 1.29 is 9.53 Å². The molecule has 2 aromatic rings. The van der Waals surface area contributed by atoms with E-state index in [0.29, 0.717) is 43.6 Å². The highest BCUT2D eigenvalue weighted by molar-refractivity contribution is 5.71. The SMILES string of the molecule is CC(=O)O[C@H](C)CCCCn1c(=O)c2c(nc3n2CCNC3)n(C)c1=O. The Morgan fingerprint density at radius 1 is 1.35 bits per heavy atom. The normalized spacial score (nSPS) is 15.0. The van der Waals surface area contributed by atoms with E-state index in [1.54, 1.807) is 7.05 Å². The molecule has 0 amide bonds. The number of fused-ring (bicyclic) bond motifs is 3. The van der Waals surface area contributed by atoms with Crippen molar-refractivity contribution in [3.8, 4) is 0 Å². The zero-order chi connectivity index (χ0) is 18.8. The lowest BCUT2D eigenvalue weighted by molar-refractivity contribution is -0.145. The largest absolute Gasteiger partial charge is 0.463 e. The molecule has 2 aromatic heterocycles. The number of esters is 1. The second-order valence-electron chi connectivity index (χ2n) is 6.74. The Balaban J connectivity index is 1.82. The maximum absolute atomic E-state index is 12.9. The fraction of sp³-hybridized carbons (Fsp3) is 0.647. The van der Waals surface area contributed by atoms with Crippen molar-refractivity contribution >= 4 is 17.1 Å². The summed E-state index contributed by atoms with van der Waals surface area (Å²) in [6.07, 6.45) is 1.96. The second-order valence-corrected chi connectivity index (χ2v) is 6.74. The van der Waals surface area contributed by atoms with Gasteiger partial charge in [0, 0.05) is 33.6 Å². The molecule has 0 fully saturated rings. The minimum absolute atomic E-state index is 0.163. The van der Waals surface area contributed by atoms with Crippen molar-refractivity contribution in [2.24, 2.45) is 7.05 Å². The Hall–Kier alpha value is -2.42. The molecule has 0 saturated heterocycles. The molecule has 0 aromatic carbocycles. The molecule has 26 heavy (non-hydrogen) atoms. The van der Waals surface area contributed by atoms with Crippen LogP contribution in [0.3, 0.4) is 0 Å². The van der Waals surface area contributed by atoms with E-state index in [0.717, 1.165) is 18.8 Å². The van der Waals surface area contributed by atoms with Crippen molar-refractivity contribution in [2.75, 3.05) is 6.54 Å². The fourth-order valence-corrected chi connectivity index (χ4v) is 3.42. The molecule has 3 rings (SSSR count). The van der Waals surface area contributed by atoms with Crippen LogP contribution in [0.5, 0.6) is 0 Å². The van der Waals surface area contributed by atoms with Crippen LogP contribution in [-0.2, 0) is 36.2 Å². The van der Waals surface area contributed by atoms with Gasteiger partial charge in [-0.25, -0.2) is 9.78 Å². The third-order valence-corrected chi connectivity index (χ3v) is 4.72. The minimum Gasteiger partial charge on any atom is -0.463 e. The predicted octanol–water partition coefficient (Wildman–Crippen LogP) is 0.122. The quantitative estimate of drug-likeness (QED) is 0.578. The van der Waals surface area contributed by atoms with E-state index >= 15 is 0 Å². The summed E-state index contributed by atoms with van der Waals surface area (Å²) in [5.41, 5.74) is 0.311. The van der Waals surface area contributed by atoms with Gasteiger partial charge in [0.05, 0.1) is 12.6 Å². The van der Waals surface area contributed by atoms with E-state index in [4.69, 9.17) is 4.74 Å². The number of aromatic nitrogens is 4. The molecule has 0 saturated carbocycles. The highest BCUT2D eigenvalue weighted by Crippen LogP contribution is 2.13. The second kappa shape index (κ2) is 7.45. The summed E-state index contributed by atoms with van der Waals surface area (Å²) in [7, 11) is 1.65. The van der Waals surface area contributed by atoms with Crippen molar-refractivity contribution in [3.63, 3.8) is 0 Å². The minimum atomic E-state index is -0.348. The molecule has 0 aliphatic carbocycles. The lowest BCUT2D eigenvalue weighted by atomic mass is 10.2. The van der Waals surface area contributed by atoms with Gasteiger partial charge in [-0.1, -0.05) is 0 Å². The molecule has 0 spiro atoms. The Morgan fingerprint density at radius 3 is 2.85 bits per heavy atom. The van der Waals surface area contributed by atoms with Crippen molar-refractivity contribution in [1.29, 1.82) is 0 Å². The van der Waals surface area contributed by atoms with Crippen LogP contribution in [0.1, 0.15) is 38.9 Å². The van der Waals surface area contributed by atoms with Crippen LogP contribution in [0.2, 0.25) is 0 Å². The third-order valence-electron chi connectivity index (χ3n) is 4.72. The summed E-state index contributed by atoms with van der Waals surface area (Å²) in [6.45, 7) is 5.60. The van der Waals surface area contributed by atoms with E-state index in [1.807, 2.05) is 11.5 Å². The number of aryl methyl sites for hydroxylation is 1. The fourth-order valence-electron chi connectivity index (χ4n) is 3.42. The molecule has 1 aliphatic heterocycles. The van der Waals surface area contributed by atoms with E-state index in [9.17, 15) is 14.4 Å². The number of hydrogen-bond donors (Lipinski definition) is 1. The molecule has 1 N–H and O–H groups in total. The summed E-state index contributed by atoms with van der Waals surface area (Å²) < 4.78 is 9.73. The molecule has 1 aliphatic rings.